The fourth-order valence-electron chi connectivity index (χ4n) is 5.66. The zero-order valence-electron chi connectivity index (χ0n) is 26.0. The van der Waals surface area contributed by atoms with E-state index in [9.17, 15) is 9.90 Å². The highest BCUT2D eigenvalue weighted by Crippen LogP contribution is 2.34. The number of hydrogen-bond donors (Lipinski definition) is 1. The van der Waals surface area contributed by atoms with Gasteiger partial charge < -0.3 is 19.1 Å². The summed E-state index contributed by atoms with van der Waals surface area (Å²) in [5.41, 5.74) is 2.45. The number of pyridine rings is 1. The van der Waals surface area contributed by atoms with Gasteiger partial charge in [-0.3, -0.25) is 4.68 Å². The lowest BCUT2D eigenvalue weighted by Crippen LogP contribution is -2.31. The van der Waals surface area contributed by atoms with Crippen LogP contribution >= 0.6 is 11.3 Å². The van der Waals surface area contributed by atoms with Crippen LogP contribution in [-0.2, 0) is 24.3 Å². The summed E-state index contributed by atoms with van der Waals surface area (Å²) in [7, 11) is 0. The van der Waals surface area contributed by atoms with Crippen LogP contribution in [0.15, 0.2) is 67.1 Å². The molecule has 1 atom stereocenters. The Labute approximate surface area is 283 Å². The van der Waals surface area contributed by atoms with Crippen LogP contribution in [0.4, 0.5) is 8.78 Å². The Bertz CT molecular complexity index is 2280. The lowest BCUT2D eigenvalue weighted by Gasteiger charge is -2.27. The largest absolute Gasteiger partial charge is 0.478 e. The molecule has 0 spiro atoms. The number of carboxylic acid groups (broad SMARTS) is 1. The number of aromatic nitrogens is 6. The maximum atomic E-state index is 15.6. The van der Waals surface area contributed by atoms with Crippen molar-refractivity contribution in [3.8, 4) is 29.0 Å². The zero-order chi connectivity index (χ0) is 33.5. The van der Waals surface area contributed by atoms with Crippen LogP contribution < -0.4 is 4.74 Å². The first-order valence-electron chi connectivity index (χ1n) is 15.8. The van der Waals surface area contributed by atoms with Gasteiger partial charge in [0.1, 0.15) is 29.1 Å². The van der Waals surface area contributed by atoms with Crippen LogP contribution in [0.25, 0.3) is 22.3 Å². The number of carboxylic acids is 1. The first kappa shape index (κ1) is 30.9. The Balaban J connectivity index is 0.974. The molecule has 0 unspecified atom stereocenters. The fourth-order valence-corrected chi connectivity index (χ4v) is 6.34. The average molecular weight is 679 g/mol. The third-order valence-electron chi connectivity index (χ3n) is 8.49. The van der Waals surface area contributed by atoms with E-state index in [2.05, 4.69) is 31.9 Å². The summed E-state index contributed by atoms with van der Waals surface area (Å²) in [4.78, 5) is 25.9. The molecule has 0 amide bonds. The molecule has 6 aromatic rings. The Hall–Kier alpha value is -5.45. The molecule has 8 rings (SSSR count). The predicted molar refractivity (Wildman–Crippen MR) is 176 cm³/mol. The number of ether oxygens (including phenoxy) is 2. The standard InChI is InChI=1S/C36H28F2N6O4S/c37-28-15-27(29(38)12-23(28)14-33-41-31-9-5-22(36(45)46)13-32(31)43(33)19-25-10-11-47-25)30-2-1-3-34(42-30)48-20-35-39-17-26(49-35)8-4-21-16-40-44(18-21)24-6-7-24/h1-3,5,9,12-13,15-18,24-25H,6-7,10-11,14,19-20H2,(H,45,46)/t25-/m0/s1. The van der Waals surface area contributed by atoms with Gasteiger partial charge in [0.25, 0.3) is 0 Å². The van der Waals surface area contributed by atoms with Gasteiger partial charge in [0.15, 0.2) is 0 Å². The van der Waals surface area contributed by atoms with Gasteiger partial charge in [-0.25, -0.2) is 28.5 Å². The van der Waals surface area contributed by atoms with Crippen molar-refractivity contribution in [1.29, 1.82) is 0 Å². The summed E-state index contributed by atoms with van der Waals surface area (Å²) in [6.07, 6.45) is 8.51. The molecule has 4 aromatic heterocycles. The Morgan fingerprint density at radius 2 is 1.94 bits per heavy atom. The smallest absolute Gasteiger partial charge is 0.335 e. The van der Waals surface area contributed by atoms with Crippen molar-refractivity contribution >= 4 is 28.3 Å². The van der Waals surface area contributed by atoms with Crippen molar-refractivity contribution in [2.45, 2.75) is 51.0 Å². The number of fused-ring (bicyclic) bond motifs is 1. The molecular formula is C36H28F2N6O4S. The van der Waals surface area contributed by atoms with Crippen molar-refractivity contribution in [3.05, 3.63) is 111 Å². The molecule has 0 bridgehead atoms. The molecule has 2 aliphatic rings. The number of benzene rings is 2. The number of nitrogens with zero attached hydrogens (tertiary/aromatic N) is 6. The number of carbonyl (C=O) groups is 1. The number of aromatic carboxylic acids is 1. The van der Waals surface area contributed by atoms with Gasteiger partial charge in [-0.05, 0) is 67.1 Å². The summed E-state index contributed by atoms with van der Waals surface area (Å²) in [5, 5.41) is 14.6. The van der Waals surface area contributed by atoms with Crippen LogP contribution in [0.3, 0.4) is 0 Å². The van der Waals surface area contributed by atoms with Gasteiger partial charge in [-0.1, -0.05) is 12.0 Å². The normalized spacial score (nSPS) is 15.5. The zero-order valence-corrected chi connectivity index (χ0v) is 26.8. The number of halogens is 2. The second-order valence-corrected chi connectivity index (χ2v) is 13.1. The summed E-state index contributed by atoms with van der Waals surface area (Å²) >= 11 is 1.40. The molecule has 1 saturated carbocycles. The highest BCUT2D eigenvalue weighted by Gasteiger charge is 2.25. The van der Waals surface area contributed by atoms with E-state index in [1.165, 1.54) is 17.4 Å². The Morgan fingerprint density at radius 3 is 2.73 bits per heavy atom. The van der Waals surface area contributed by atoms with Crippen LogP contribution in [0.1, 0.15) is 62.5 Å². The molecular weight excluding hydrogens is 650 g/mol. The molecule has 0 radical (unpaired) electrons. The molecule has 2 fully saturated rings. The maximum Gasteiger partial charge on any atom is 0.335 e. The highest BCUT2D eigenvalue weighted by molar-refractivity contribution is 7.12. The van der Waals surface area contributed by atoms with Crippen LogP contribution in [0, 0.1) is 23.5 Å². The van der Waals surface area contributed by atoms with Crippen molar-refractivity contribution in [3.63, 3.8) is 0 Å². The Morgan fingerprint density at radius 1 is 1.06 bits per heavy atom. The molecule has 49 heavy (non-hydrogen) atoms. The van der Waals surface area contributed by atoms with Gasteiger partial charge in [0, 0.05) is 30.9 Å². The molecule has 10 nitrogen and oxygen atoms in total. The molecule has 1 saturated heterocycles. The summed E-state index contributed by atoms with van der Waals surface area (Å²) in [5.74, 6) is 4.63. The van der Waals surface area contributed by atoms with E-state index in [1.54, 1.807) is 42.7 Å². The second kappa shape index (κ2) is 12.9. The predicted octanol–water partition coefficient (Wildman–Crippen LogP) is 6.42. The third-order valence-corrected chi connectivity index (χ3v) is 9.37. The van der Waals surface area contributed by atoms with Crippen LogP contribution in [0.5, 0.6) is 5.88 Å². The second-order valence-electron chi connectivity index (χ2n) is 12.0. The van der Waals surface area contributed by atoms with Crippen molar-refractivity contribution < 1.29 is 28.2 Å². The van der Waals surface area contributed by atoms with E-state index in [4.69, 9.17) is 9.47 Å². The van der Waals surface area contributed by atoms with E-state index < -0.39 is 17.6 Å². The average Bonchev–Trinajstić information content (AvgIpc) is 3.48. The molecule has 2 aromatic carbocycles. The van der Waals surface area contributed by atoms with E-state index in [1.807, 2.05) is 15.4 Å². The highest BCUT2D eigenvalue weighted by atomic mass is 32.1. The van der Waals surface area contributed by atoms with Gasteiger partial charge >= 0.3 is 5.97 Å². The maximum absolute atomic E-state index is 15.6. The van der Waals surface area contributed by atoms with E-state index in [0.717, 1.165) is 41.8 Å². The summed E-state index contributed by atoms with van der Waals surface area (Å²) in [6, 6.07) is 12.3. The molecule has 1 aliphatic heterocycles. The molecule has 246 valence electrons. The minimum absolute atomic E-state index is 0.00625. The topological polar surface area (TPSA) is 117 Å². The quantitative estimate of drug-likeness (QED) is 0.165. The molecule has 1 N–H and O–H groups in total. The molecule has 1 aliphatic carbocycles. The van der Waals surface area contributed by atoms with E-state index >= 15 is 8.78 Å². The molecule has 13 heteroatoms. The van der Waals surface area contributed by atoms with E-state index in [0.29, 0.717) is 41.1 Å². The third kappa shape index (κ3) is 6.65. The number of thiazole rings is 1. The van der Waals surface area contributed by atoms with Gasteiger partial charge in [-0.15, -0.1) is 11.3 Å². The first-order valence-corrected chi connectivity index (χ1v) is 16.6. The number of imidazole rings is 1. The van der Waals surface area contributed by atoms with Crippen molar-refractivity contribution in [2.24, 2.45) is 0 Å². The summed E-state index contributed by atoms with van der Waals surface area (Å²) in [6.45, 7) is 1.21. The van der Waals surface area contributed by atoms with Gasteiger partial charge in [0.2, 0.25) is 5.88 Å². The number of rotatable bonds is 10. The molecule has 5 heterocycles. The van der Waals surface area contributed by atoms with Gasteiger partial charge in [-0.2, -0.15) is 5.10 Å². The van der Waals surface area contributed by atoms with Crippen molar-refractivity contribution in [2.75, 3.05) is 6.61 Å². The minimum Gasteiger partial charge on any atom is -0.478 e. The fraction of sp³-hybridized carbons (Fsp3) is 0.250. The van der Waals surface area contributed by atoms with Crippen LogP contribution in [-0.4, -0.2) is 53.1 Å². The van der Waals surface area contributed by atoms with Crippen LogP contribution in [0.2, 0.25) is 0 Å². The Kier molecular flexibility index (Phi) is 8.10. The first-order chi connectivity index (χ1) is 23.9. The van der Waals surface area contributed by atoms with Crippen molar-refractivity contribution in [1.82, 2.24) is 29.3 Å². The minimum atomic E-state index is -1.06. The summed E-state index contributed by atoms with van der Waals surface area (Å²) < 4.78 is 46.4. The monoisotopic (exact) mass is 678 g/mol. The number of hydrogen-bond acceptors (Lipinski definition) is 8. The van der Waals surface area contributed by atoms with E-state index in [-0.39, 0.29) is 47.4 Å². The SMILES string of the molecule is O=C(O)c1ccc2nc(Cc3cc(F)c(-c4cccc(OCc5ncc(C#Cc6cnn(C7CC7)c6)s5)n4)cc3F)n(C[C@@H]3CCO3)c2c1. The lowest BCUT2D eigenvalue weighted by atomic mass is 10.0. The van der Waals surface area contributed by atoms with Gasteiger partial charge in [0.05, 0.1) is 63.8 Å². The lowest BCUT2D eigenvalue weighted by molar-refractivity contribution is -0.0589.